The Morgan fingerprint density at radius 2 is 2.25 bits per heavy atom. The van der Waals surface area contributed by atoms with Gasteiger partial charge in [-0.1, -0.05) is 0 Å². The van der Waals surface area contributed by atoms with Crippen molar-refractivity contribution < 1.29 is 13.6 Å². The second-order valence-electron chi connectivity index (χ2n) is 2.33. The normalized spacial score (nSPS) is 10.3. The van der Waals surface area contributed by atoms with Gasteiger partial charge in [0.1, 0.15) is 5.69 Å². The van der Waals surface area contributed by atoms with Gasteiger partial charge in [-0.05, 0) is 19.1 Å². The maximum absolute atomic E-state index is 12.0. The first-order valence-corrected chi connectivity index (χ1v) is 3.36. The van der Waals surface area contributed by atoms with Gasteiger partial charge in [0, 0.05) is 11.8 Å². The molecule has 0 radical (unpaired) electrons. The summed E-state index contributed by atoms with van der Waals surface area (Å²) in [5.74, 6) is -0.237. The molecule has 0 spiro atoms. The highest BCUT2D eigenvalue weighted by atomic mass is 19.3. The predicted octanol–water partition coefficient (Wildman–Crippen LogP) is 2.22. The minimum Gasteiger partial charge on any atom is -0.295 e. The highest BCUT2D eigenvalue weighted by Gasteiger charge is 2.09. The van der Waals surface area contributed by atoms with Crippen LogP contribution in [0.5, 0.6) is 0 Å². The zero-order valence-corrected chi connectivity index (χ0v) is 6.42. The van der Waals surface area contributed by atoms with E-state index in [0.29, 0.717) is 0 Å². The Kier molecular flexibility index (Phi) is 2.47. The highest BCUT2D eigenvalue weighted by molar-refractivity contribution is 5.93. The van der Waals surface area contributed by atoms with Crippen LogP contribution in [0, 0.1) is 0 Å². The largest absolute Gasteiger partial charge is 0.295 e. The summed E-state index contributed by atoms with van der Waals surface area (Å²) >= 11 is 0. The van der Waals surface area contributed by atoms with Crippen LogP contribution in [0.15, 0.2) is 18.3 Å². The van der Waals surface area contributed by atoms with E-state index in [1.165, 1.54) is 19.2 Å². The third kappa shape index (κ3) is 1.84. The molecule has 0 aromatic carbocycles. The van der Waals surface area contributed by atoms with Gasteiger partial charge < -0.3 is 0 Å². The van der Waals surface area contributed by atoms with Crippen molar-refractivity contribution in [2.45, 2.75) is 13.3 Å². The molecule has 64 valence electrons. The number of alkyl halides is 2. The van der Waals surface area contributed by atoms with Crippen LogP contribution >= 0.6 is 0 Å². The van der Waals surface area contributed by atoms with Crippen molar-refractivity contribution in [3.8, 4) is 0 Å². The maximum atomic E-state index is 12.0. The number of carbonyl (C=O) groups excluding carboxylic acids is 1. The Hall–Kier alpha value is -1.32. The average Bonchev–Trinajstić information content (AvgIpc) is 2.04. The number of halogens is 2. The lowest BCUT2D eigenvalue weighted by atomic mass is 10.2. The van der Waals surface area contributed by atoms with E-state index in [1.807, 2.05) is 0 Å². The van der Waals surface area contributed by atoms with E-state index in [4.69, 9.17) is 0 Å². The van der Waals surface area contributed by atoms with Crippen LogP contribution in [-0.4, -0.2) is 10.8 Å². The summed E-state index contributed by atoms with van der Waals surface area (Å²) in [5.41, 5.74) is -0.0944. The number of nitrogens with zero attached hydrogens (tertiary/aromatic N) is 1. The summed E-state index contributed by atoms with van der Waals surface area (Å²) in [6, 6.07) is 2.52. The summed E-state index contributed by atoms with van der Waals surface area (Å²) in [6.07, 6.45) is -1.41. The number of hydrogen-bond acceptors (Lipinski definition) is 2. The molecule has 1 rings (SSSR count). The molecule has 2 nitrogen and oxygen atoms in total. The fourth-order valence-corrected chi connectivity index (χ4v) is 0.787. The zero-order chi connectivity index (χ0) is 9.14. The predicted molar refractivity (Wildman–Crippen MR) is 39.2 cm³/mol. The lowest BCUT2D eigenvalue weighted by Crippen LogP contribution is -1.96. The third-order valence-electron chi connectivity index (χ3n) is 1.41. The molecule has 1 aromatic rings. The van der Waals surface area contributed by atoms with Crippen LogP contribution in [0.2, 0.25) is 0 Å². The van der Waals surface area contributed by atoms with E-state index in [9.17, 15) is 13.6 Å². The van der Waals surface area contributed by atoms with E-state index in [2.05, 4.69) is 4.98 Å². The van der Waals surface area contributed by atoms with Crippen molar-refractivity contribution in [3.05, 3.63) is 29.6 Å². The first-order chi connectivity index (χ1) is 5.61. The van der Waals surface area contributed by atoms with E-state index in [1.54, 1.807) is 0 Å². The summed E-state index contributed by atoms with van der Waals surface area (Å²) in [4.78, 5) is 14.2. The third-order valence-corrected chi connectivity index (χ3v) is 1.41. The SMILES string of the molecule is CC(=O)c1ccnc(C(F)F)c1. The molecule has 0 fully saturated rings. The van der Waals surface area contributed by atoms with E-state index in [-0.39, 0.29) is 17.0 Å². The fraction of sp³-hybridized carbons (Fsp3) is 0.250. The molecule has 1 heterocycles. The van der Waals surface area contributed by atoms with Gasteiger partial charge in [-0.15, -0.1) is 0 Å². The van der Waals surface area contributed by atoms with Crippen LogP contribution in [0.3, 0.4) is 0 Å². The van der Waals surface area contributed by atoms with Gasteiger partial charge in [0.2, 0.25) is 0 Å². The number of Topliss-reactive ketones (excluding diaryl/α,β-unsaturated/α-hetero) is 1. The van der Waals surface area contributed by atoms with Crippen LogP contribution in [-0.2, 0) is 0 Å². The van der Waals surface area contributed by atoms with E-state index >= 15 is 0 Å². The average molecular weight is 171 g/mol. The minimum atomic E-state index is -2.62. The summed E-state index contributed by atoms with van der Waals surface area (Å²) < 4.78 is 24.1. The van der Waals surface area contributed by atoms with Crippen LogP contribution in [0.4, 0.5) is 8.78 Å². The molecule has 0 saturated heterocycles. The summed E-state index contributed by atoms with van der Waals surface area (Å²) in [7, 11) is 0. The molecule has 0 aliphatic carbocycles. The second kappa shape index (κ2) is 3.38. The Balaban J connectivity index is 3.04. The second-order valence-corrected chi connectivity index (χ2v) is 2.33. The highest BCUT2D eigenvalue weighted by Crippen LogP contribution is 2.16. The zero-order valence-electron chi connectivity index (χ0n) is 6.42. The van der Waals surface area contributed by atoms with Gasteiger partial charge in [0.25, 0.3) is 6.43 Å². The van der Waals surface area contributed by atoms with Crippen molar-refractivity contribution in [2.24, 2.45) is 0 Å². The lowest BCUT2D eigenvalue weighted by molar-refractivity contribution is 0.101. The summed E-state index contributed by atoms with van der Waals surface area (Å²) in [5, 5.41) is 0. The molecule has 0 saturated carbocycles. The molecule has 0 bridgehead atoms. The van der Waals surface area contributed by atoms with Crippen molar-refractivity contribution in [2.75, 3.05) is 0 Å². The van der Waals surface area contributed by atoms with E-state index in [0.717, 1.165) is 6.07 Å². The number of hydrogen-bond donors (Lipinski definition) is 0. The monoisotopic (exact) mass is 171 g/mol. The minimum absolute atomic E-state index is 0.237. The van der Waals surface area contributed by atoms with Gasteiger partial charge in [0.15, 0.2) is 5.78 Å². The Bertz CT molecular complexity index is 299. The first-order valence-electron chi connectivity index (χ1n) is 3.36. The van der Waals surface area contributed by atoms with Crippen LogP contribution < -0.4 is 0 Å². The molecule has 0 N–H and O–H groups in total. The van der Waals surface area contributed by atoms with Crippen LogP contribution in [0.1, 0.15) is 29.4 Å². The lowest BCUT2D eigenvalue weighted by Gasteiger charge is -1.99. The molecule has 0 aliphatic heterocycles. The standard InChI is InChI=1S/C8H7F2NO/c1-5(12)6-2-3-11-7(4-6)8(9)10/h2-4,8H,1H3. The van der Waals surface area contributed by atoms with E-state index < -0.39 is 6.43 Å². The molecule has 4 heteroatoms. The molecule has 0 amide bonds. The number of rotatable bonds is 2. The molecular weight excluding hydrogens is 164 g/mol. The molecule has 0 atom stereocenters. The Labute approximate surface area is 68.2 Å². The number of pyridine rings is 1. The number of carbonyl (C=O) groups is 1. The van der Waals surface area contributed by atoms with Gasteiger partial charge in [0.05, 0.1) is 0 Å². The fourth-order valence-electron chi connectivity index (χ4n) is 0.787. The van der Waals surface area contributed by atoms with Crippen LogP contribution in [0.25, 0.3) is 0 Å². The smallest absolute Gasteiger partial charge is 0.280 e. The molecular formula is C8H7F2NO. The molecule has 0 unspecified atom stereocenters. The topological polar surface area (TPSA) is 30.0 Å². The molecule has 1 aromatic heterocycles. The maximum Gasteiger partial charge on any atom is 0.280 e. The Morgan fingerprint density at radius 1 is 1.58 bits per heavy atom. The first kappa shape index (κ1) is 8.77. The van der Waals surface area contributed by atoms with Gasteiger partial charge >= 0.3 is 0 Å². The number of aromatic nitrogens is 1. The Morgan fingerprint density at radius 3 is 2.75 bits per heavy atom. The number of ketones is 1. The van der Waals surface area contributed by atoms with Crippen molar-refractivity contribution in [1.29, 1.82) is 0 Å². The van der Waals surface area contributed by atoms with Crippen molar-refractivity contribution >= 4 is 5.78 Å². The van der Waals surface area contributed by atoms with Gasteiger partial charge in [-0.25, -0.2) is 8.78 Å². The van der Waals surface area contributed by atoms with Gasteiger partial charge in [-0.2, -0.15) is 0 Å². The van der Waals surface area contributed by atoms with Crippen molar-refractivity contribution in [3.63, 3.8) is 0 Å². The quantitative estimate of drug-likeness (QED) is 0.638. The van der Waals surface area contributed by atoms with Gasteiger partial charge in [-0.3, -0.25) is 9.78 Å². The molecule has 0 aliphatic rings. The molecule has 12 heavy (non-hydrogen) atoms. The van der Waals surface area contributed by atoms with Crippen molar-refractivity contribution in [1.82, 2.24) is 4.98 Å². The summed E-state index contributed by atoms with van der Waals surface area (Å²) in [6.45, 7) is 1.32.